The van der Waals surface area contributed by atoms with Gasteiger partial charge < -0.3 is 15.4 Å². The molecule has 0 aromatic heterocycles. The van der Waals surface area contributed by atoms with Gasteiger partial charge in [-0.3, -0.25) is 24.1 Å². The van der Waals surface area contributed by atoms with Crippen LogP contribution < -0.4 is 10.6 Å². The SMILES string of the molecule is CC(=O)c1cccc(NC(=O)COC(=O)CN2C(=O)N[C@@]3(CCCC[C@H]3C)C2=O)c1. The number of nitrogens with zero attached hydrogens (tertiary/aromatic N) is 1. The molecular weight excluding hydrogens is 390 g/mol. The lowest BCUT2D eigenvalue weighted by molar-refractivity contribution is -0.150. The minimum Gasteiger partial charge on any atom is -0.454 e. The van der Waals surface area contributed by atoms with E-state index in [1.807, 2.05) is 6.92 Å². The van der Waals surface area contributed by atoms with Crippen molar-refractivity contribution < 1.29 is 28.7 Å². The Kier molecular flexibility index (Phi) is 6.19. The highest BCUT2D eigenvalue weighted by molar-refractivity contribution is 6.09. The number of Topliss-reactive ketones (excluding diaryl/α,β-unsaturated/α-hetero) is 1. The number of esters is 1. The maximum absolute atomic E-state index is 12.8. The number of ketones is 1. The molecule has 0 bridgehead atoms. The Balaban J connectivity index is 1.52. The molecule has 1 aliphatic heterocycles. The van der Waals surface area contributed by atoms with Crippen LogP contribution in [0.4, 0.5) is 10.5 Å². The number of carbonyl (C=O) groups is 5. The van der Waals surface area contributed by atoms with E-state index >= 15 is 0 Å². The van der Waals surface area contributed by atoms with E-state index in [0.29, 0.717) is 17.7 Å². The first-order chi connectivity index (χ1) is 14.2. The number of imide groups is 1. The molecule has 4 amide bonds. The highest BCUT2D eigenvalue weighted by atomic mass is 16.5. The molecule has 9 nitrogen and oxygen atoms in total. The zero-order chi connectivity index (χ0) is 21.9. The summed E-state index contributed by atoms with van der Waals surface area (Å²) in [5.74, 6) is -2.02. The van der Waals surface area contributed by atoms with Crippen LogP contribution in [0.15, 0.2) is 24.3 Å². The van der Waals surface area contributed by atoms with Crippen molar-refractivity contribution in [1.82, 2.24) is 10.2 Å². The van der Waals surface area contributed by atoms with Gasteiger partial charge in [-0.2, -0.15) is 0 Å². The summed E-state index contributed by atoms with van der Waals surface area (Å²) in [6.07, 6.45) is 3.21. The lowest BCUT2D eigenvalue weighted by Gasteiger charge is -2.36. The third-order valence-corrected chi connectivity index (χ3v) is 5.71. The molecular formula is C21H25N3O6. The van der Waals surface area contributed by atoms with Gasteiger partial charge in [-0.1, -0.05) is 31.9 Å². The van der Waals surface area contributed by atoms with Crippen LogP contribution in [0, 0.1) is 5.92 Å². The highest BCUT2D eigenvalue weighted by Gasteiger charge is 2.55. The Labute approximate surface area is 174 Å². The van der Waals surface area contributed by atoms with E-state index < -0.39 is 42.5 Å². The molecule has 2 fully saturated rings. The van der Waals surface area contributed by atoms with Gasteiger partial charge in [0, 0.05) is 11.3 Å². The molecule has 30 heavy (non-hydrogen) atoms. The van der Waals surface area contributed by atoms with E-state index in [9.17, 15) is 24.0 Å². The third kappa shape index (κ3) is 4.34. The van der Waals surface area contributed by atoms with Gasteiger partial charge in [-0.05, 0) is 37.8 Å². The number of benzene rings is 1. The molecule has 3 rings (SSSR count). The molecule has 1 aromatic rings. The van der Waals surface area contributed by atoms with Crippen molar-refractivity contribution in [2.24, 2.45) is 5.92 Å². The average Bonchev–Trinajstić information content (AvgIpc) is 2.94. The van der Waals surface area contributed by atoms with Crippen molar-refractivity contribution in [1.29, 1.82) is 0 Å². The number of hydrogen-bond acceptors (Lipinski definition) is 6. The van der Waals surface area contributed by atoms with Crippen LogP contribution in [0.2, 0.25) is 0 Å². The van der Waals surface area contributed by atoms with Crippen LogP contribution in [0.3, 0.4) is 0 Å². The number of hydrogen-bond donors (Lipinski definition) is 2. The van der Waals surface area contributed by atoms with E-state index in [1.165, 1.54) is 13.0 Å². The smallest absolute Gasteiger partial charge is 0.326 e. The maximum Gasteiger partial charge on any atom is 0.326 e. The monoisotopic (exact) mass is 415 g/mol. The Morgan fingerprint density at radius 2 is 2.03 bits per heavy atom. The van der Waals surface area contributed by atoms with Gasteiger partial charge in [-0.25, -0.2) is 4.79 Å². The largest absolute Gasteiger partial charge is 0.454 e. The van der Waals surface area contributed by atoms with Crippen molar-refractivity contribution in [3.8, 4) is 0 Å². The molecule has 1 aliphatic carbocycles. The normalized spacial score (nSPS) is 23.3. The van der Waals surface area contributed by atoms with Crippen molar-refractivity contribution >= 4 is 35.3 Å². The zero-order valence-corrected chi connectivity index (χ0v) is 17.0. The van der Waals surface area contributed by atoms with Crippen molar-refractivity contribution in [2.75, 3.05) is 18.5 Å². The molecule has 1 spiro atoms. The summed E-state index contributed by atoms with van der Waals surface area (Å²) in [6, 6.07) is 5.74. The van der Waals surface area contributed by atoms with E-state index in [1.54, 1.807) is 18.2 Å². The molecule has 9 heteroatoms. The first kappa shape index (κ1) is 21.5. The summed E-state index contributed by atoms with van der Waals surface area (Å²) in [6.45, 7) is 2.21. The topological polar surface area (TPSA) is 122 Å². The summed E-state index contributed by atoms with van der Waals surface area (Å²) in [4.78, 5) is 61.5. The predicted molar refractivity (Wildman–Crippen MR) is 107 cm³/mol. The van der Waals surface area contributed by atoms with Crippen LogP contribution in [0.1, 0.15) is 49.9 Å². The second-order valence-corrected chi connectivity index (χ2v) is 7.79. The quantitative estimate of drug-likeness (QED) is 0.416. The molecule has 2 N–H and O–H groups in total. The second-order valence-electron chi connectivity index (χ2n) is 7.79. The first-order valence-electron chi connectivity index (χ1n) is 9.93. The van der Waals surface area contributed by atoms with Gasteiger partial charge in [0.15, 0.2) is 12.4 Å². The fraction of sp³-hybridized carbons (Fsp3) is 0.476. The van der Waals surface area contributed by atoms with Gasteiger partial charge in [0.2, 0.25) is 0 Å². The molecule has 0 unspecified atom stereocenters. The fourth-order valence-corrected chi connectivity index (χ4v) is 3.97. The Morgan fingerprint density at radius 3 is 2.73 bits per heavy atom. The van der Waals surface area contributed by atoms with E-state index in [2.05, 4.69) is 10.6 Å². The molecule has 160 valence electrons. The molecule has 0 radical (unpaired) electrons. The van der Waals surface area contributed by atoms with Gasteiger partial charge in [0.05, 0.1) is 0 Å². The number of carbonyl (C=O) groups excluding carboxylic acids is 5. The van der Waals surface area contributed by atoms with E-state index in [0.717, 1.165) is 24.2 Å². The number of rotatable bonds is 6. The molecule has 1 heterocycles. The molecule has 1 saturated carbocycles. The zero-order valence-electron chi connectivity index (χ0n) is 17.0. The van der Waals surface area contributed by atoms with Crippen molar-refractivity contribution in [3.63, 3.8) is 0 Å². The van der Waals surface area contributed by atoms with Gasteiger partial charge >= 0.3 is 12.0 Å². The Hall–Kier alpha value is -3.23. The fourth-order valence-electron chi connectivity index (χ4n) is 3.97. The summed E-state index contributed by atoms with van der Waals surface area (Å²) in [5, 5.41) is 5.29. The molecule has 1 aromatic carbocycles. The van der Waals surface area contributed by atoms with Gasteiger partial charge in [0.25, 0.3) is 11.8 Å². The van der Waals surface area contributed by atoms with E-state index in [4.69, 9.17) is 4.74 Å². The van der Waals surface area contributed by atoms with Crippen LogP contribution >= 0.6 is 0 Å². The first-order valence-corrected chi connectivity index (χ1v) is 9.93. The summed E-state index contributed by atoms with van der Waals surface area (Å²) in [7, 11) is 0. The minimum absolute atomic E-state index is 0.0136. The summed E-state index contributed by atoms with van der Waals surface area (Å²) in [5.41, 5.74) is -0.116. The number of urea groups is 1. The van der Waals surface area contributed by atoms with Gasteiger partial charge in [-0.15, -0.1) is 0 Å². The van der Waals surface area contributed by atoms with E-state index in [-0.39, 0.29) is 11.7 Å². The van der Waals surface area contributed by atoms with Crippen molar-refractivity contribution in [2.45, 2.75) is 45.1 Å². The van der Waals surface area contributed by atoms with Crippen molar-refractivity contribution in [3.05, 3.63) is 29.8 Å². The second kappa shape index (κ2) is 8.64. The van der Waals surface area contributed by atoms with Crippen LogP contribution in [-0.2, 0) is 19.1 Å². The third-order valence-electron chi connectivity index (χ3n) is 5.71. The summed E-state index contributed by atoms with van der Waals surface area (Å²) >= 11 is 0. The predicted octanol–water partition coefficient (Wildman–Crippen LogP) is 1.87. The van der Waals surface area contributed by atoms with Gasteiger partial charge in [0.1, 0.15) is 12.1 Å². The Morgan fingerprint density at radius 1 is 1.27 bits per heavy atom. The lowest BCUT2D eigenvalue weighted by Crippen LogP contribution is -2.54. The maximum atomic E-state index is 12.8. The lowest BCUT2D eigenvalue weighted by atomic mass is 9.73. The molecule has 1 saturated heterocycles. The number of ether oxygens (including phenoxy) is 1. The molecule has 2 aliphatic rings. The number of nitrogens with one attached hydrogen (secondary N) is 2. The summed E-state index contributed by atoms with van der Waals surface area (Å²) < 4.78 is 4.92. The standard InChI is InChI=1S/C21H25N3O6/c1-13-6-3-4-9-21(13)19(28)24(20(29)23-21)11-18(27)30-12-17(26)22-16-8-5-7-15(10-16)14(2)25/h5,7-8,10,13H,3-4,6,9,11-12H2,1-2H3,(H,22,26)(H,23,29)/t13-,21-/m1/s1. The highest BCUT2D eigenvalue weighted by Crippen LogP contribution is 2.38. The number of anilines is 1. The molecule has 2 atom stereocenters. The van der Waals surface area contributed by atoms with Crippen LogP contribution in [0.5, 0.6) is 0 Å². The van der Waals surface area contributed by atoms with Crippen LogP contribution in [-0.4, -0.2) is 53.2 Å². The Bertz CT molecular complexity index is 898. The number of amides is 4. The van der Waals surface area contributed by atoms with Crippen LogP contribution in [0.25, 0.3) is 0 Å². The minimum atomic E-state index is -0.950. The average molecular weight is 415 g/mol.